The van der Waals surface area contributed by atoms with Crippen LogP contribution >= 0.6 is 0 Å². The molecule has 0 radical (unpaired) electrons. The van der Waals surface area contributed by atoms with Crippen molar-refractivity contribution in [2.24, 2.45) is 11.8 Å². The van der Waals surface area contributed by atoms with Crippen molar-refractivity contribution in [1.82, 2.24) is 9.88 Å². The highest BCUT2D eigenvalue weighted by molar-refractivity contribution is 5.94. The van der Waals surface area contributed by atoms with Gasteiger partial charge >= 0.3 is 0 Å². The Morgan fingerprint density at radius 1 is 1.21 bits per heavy atom. The second-order valence-electron chi connectivity index (χ2n) is 7.71. The van der Waals surface area contributed by atoms with Crippen molar-refractivity contribution in [3.63, 3.8) is 0 Å². The number of hydrogen-bond acceptors (Lipinski definition) is 3. The summed E-state index contributed by atoms with van der Waals surface area (Å²) in [5, 5.41) is 0. The normalized spacial score (nSPS) is 17.0. The Balaban J connectivity index is 1.71. The standard InChI is InChI=1S/C22H24F2N2O2/c1-14(2)10-21(27)16-4-3-9-26(13-16)22(28)15-5-8-20(25-12-15)18-7-6-17(23)11-19(18)24/h5-8,11-12,14,16H,3-4,9-10,13H2,1-2H3/t16-/m0/s1. The molecule has 0 bridgehead atoms. The van der Waals surface area contributed by atoms with Gasteiger partial charge in [-0.1, -0.05) is 13.8 Å². The molecule has 1 aliphatic rings. The van der Waals surface area contributed by atoms with Gasteiger partial charge in [0.15, 0.2) is 0 Å². The van der Waals surface area contributed by atoms with Gasteiger partial charge in [0.2, 0.25) is 0 Å². The molecule has 2 heterocycles. The second-order valence-corrected chi connectivity index (χ2v) is 7.71. The minimum absolute atomic E-state index is 0.111. The number of piperidine rings is 1. The lowest BCUT2D eigenvalue weighted by Gasteiger charge is -2.32. The minimum atomic E-state index is -0.700. The number of hydrogen-bond donors (Lipinski definition) is 0. The van der Waals surface area contributed by atoms with Gasteiger partial charge in [0.25, 0.3) is 5.91 Å². The molecule has 1 aliphatic heterocycles. The van der Waals surface area contributed by atoms with Crippen LogP contribution in [0.3, 0.4) is 0 Å². The van der Waals surface area contributed by atoms with Crippen LogP contribution < -0.4 is 0 Å². The SMILES string of the molecule is CC(C)CC(=O)[C@H]1CCCN(C(=O)c2ccc(-c3ccc(F)cc3F)nc2)C1. The maximum Gasteiger partial charge on any atom is 0.255 e. The summed E-state index contributed by atoms with van der Waals surface area (Å²) < 4.78 is 27.0. The van der Waals surface area contributed by atoms with Crippen LogP contribution in [0.15, 0.2) is 36.5 Å². The van der Waals surface area contributed by atoms with E-state index in [1.807, 2.05) is 13.8 Å². The zero-order valence-corrected chi connectivity index (χ0v) is 16.1. The molecule has 1 saturated heterocycles. The number of likely N-dealkylation sites (tertiary alicyclic amines) is 1. The van der Waals surface area contributed by atoms with E-state index in [0.717, 1.165) is 18.9 Å². The Kier molecular flexibility index (Phi) is 6.17. The van der Waals surface area contributed by atoms with Crippen molar-refractivity contribution in [3.05, 3.63) is 53.7 Å². The van der Waals surface area contributed by atoms with E-state index in [4.69, 9.17) is 0 Å². The third-order valence-electron chi connectivity index (χ3n) is 4.99. The van der Waals surface area contributed by atoms with Gasteiger partial charge < -0.3 is 4.90 Å². The predicted octanol–water partition coefficient (Wildman–Crippen LogP) is 4.49. The first-order valence-electron chi connectivity index (χ1n) is 9.58. The van der Waals surface area contributed by atoms with Crippen LogP contribution in [0, 0.1) is 23.5 Å². The molecule has 1 fully saturated rings. The first kappa shape index (κ1) is 20.1. The van der Waals surface area contributed by atoms with Crippen LogP contribution in [0.5, 0.6) is 0 Å². The van der Waals surface area contributed by atoms with Crippen LogP contribution in [0.4, 0.5) is 8.78 Å². The fourth-order valence-corrected chi connectivity index (χ4v) is 3.55. The molecule has 1 amide bonds. The summed E-state index contributed by atoms with van der Waals surface area (Å²) in [6.45, 7) is 5.07. The number of benzene rings is 1. The highest BCUT2D eigenvalue weighted by atomic mass is 19.1. The molecule has 2 aromatic rings. The fraction of sp³-hybridized carbons (Fsp3) is 0.409. The van der Waals surface area contributed by atoms with Gasteiger partial charge in [-0.15, -0.1) is 0 Å². The number of amides is 1. The Morgan fingerprint density at radius 3 is 2.64 bits per heavy atom. The summed E-state index contributed by atoms with van der Waals surface area (Å²) in [5.41, 5.74) is 0.902. The number of carbonyl (C=O) groups excluding carboxylic acids is 2. The molecular formula is C22H24F2N2O2. The smallest absolute Gasteiger partial charge is 0.255 e. The number of carbonyl (C=O) groups is 2. The van der Waals surface area contributed by atoms with Gasteiger partial charge in [-0.2, -0.15) is 0 Å². The number of ketones is 1. The van der Waals surface area contributed by atoms with Crippen LogP contribution in [-0.4, -0.2) is 34.7 Å². The number of pyridine rings is 1. The molecule has 1 atom stereocenters. The number of halogens is 2. The zero-order valence-electron chi connectivity index (χ0n) is 16.1. The molecule has 0 N–H and O–H groups in total. The summed E-state index contributed by atoms with van der Waals surface area (Å²) in [7, 11) is 0. The van der Waals surface area contributed by atoms with Gasteiger partial charge in [-0.3, -0.25) is 14.6 Å². The molecule has 1 aromatic heterocycles. The Hall–Kier alpha value is -2.63. The van der Waals surface area contributed by atoms with E-state index in [-0.39, 0.29) is 23.2 Å². The van der Waals surface area contributed by atoms with Crippen molar-refractivity contribution < 1.29 is 18.4 Å². The van der Waals surface area contributed by atoms with E-state index in [1.165, 1.54) is 18.3 Å². The van der Waals surface area contributed by atoms with Crippen molar-refractivity contribution in [2.45, 2.75) is 33.1 Å². The molecule has 3 rings (SSSR count). The highest BCUT2D eigenvalue weighted by Gasteiger charge is 2.29. The van der Waals surface area contributed by atoms with Crippen molar-refractivity contribution >= 4 is 11.7 Å². The van der Waals surface area contributed by atoms with Crippen molar-refractivity contribution in [3.8, 4) is 11.3 Å². The third kappa shape index (κ3) is 4.61. The lowest BCUT2D eigenvalue weighted by Crippen LogP contribution is -2.42. The first-order valence-corrected chi connectivity index (χ1v) is 9.58. The van der Waals surface area contributed by atoms with E-state index in [2.05, 4.69) is 4.98 Å². The van der Waals surface area contributed by atoms with Crippen molar-refractivity contribution in [2.75, 3.05) is 13.1 Å². The Morgan fingerprint density at radius 2 is 2.00 bits per heavy atom. The molecule has 28 heavy (non-hydrogen) atoms. The Labute approximate surface area is 163 Å². The Bertz CT molecular complexity index is 865. The van der Waals surface area contributed by atoms with E-state index in [0.29, 0.717) is 36.7 Å². The summed E-state index contributed by atoms with van der Waals surface area (Å²) in [6, 6.07) is 6.44. The lowest BCUT2D eigenvalue weighted by atomic mass is 9.89. The largest absolute Gasteiger partial charge is 0.338 e. The van der Waals surface area contributed by atoms with Gasteiger partial charge in [-0.25, -0.2) is 8.78 Å². The summed E-state index contributed by atoms with van der Waals surface area (Å²) in [6.07, 6.45) is 3.55. The zero-order chi connectivity index (χ0) is 20.3. The molecule has 0 unspecified atom stereocenters. The molecule has 6 heteroatoms. The van der Waals surface area contributed by atoms with Crippen LogP contribution in [0.2, 0.25) is 0 Å². The molecule has 1 aromatic carbocycles. The van der Waals surface area contributed by atoms with E-state index < -0.39 is 11.6 Å². The monoisotopic (exact) mass is 386 g/mol. The topological polar surface area (TPSA) is 50.3 Å². The van der Waals surface area contributed by atoms with Gasteiger partial charge in [0, 0.05) is 43.3 Å². The van der Waals surface area contributed by atoms with Crippen LogP contribution in [-0.2, 0) is 4.79 Å². The van der Waals surface area contributed by atoms with Crippen LogP contribution in [0.1, 0.15) is 43.5 Å². The van der Waals surface area contributed by atoms with Gasteiger partial charge in [-0.05, 0) is 43.0 Å². The summed E-state index contributed by atoms with van der Waals surface area (Å²) in [4.78, 5) is 31.0. The van der Waals surface area contributed by atoms with Crippen LogP contribution in [0.25, 0.3) is 11.3 Å². The number of aromatic nitrogens is 1. The first-order chi connectivity index (χ1) is 13.3. The van der Waals surface area contributed by atoms with E-state index >= 15 is 0 Å². The molecule has 0 saturated carbocycles. The fourth-order valence-electron chi connectivity index (χ4n) is 3.55. The number of Topliss-reactive ketones (excluding diaryl/α,β-unsaturated/α-hetero) is 1. The van der Waals surface area contributed by atoms with E-state index in [9.17, 15) is 18.4 Å². The summed E-state index contributed by atoms with van der Waals surface area (Å²) in [5.74, 6) is -1.12. The molecule has 0 aliphatic carbocycles. The third-order valence-corrected chi connectivity index (χ3v) is 4.99. The van der Waals surface area contributed by atoms with Crippen molar-refractivity contribution in [1.29, 1.82) is 0 Å². The van der Waals surface area contributed by atoms with Gasteiger partial charge in [0.05, 0.1) is 11.3 Å². The number of nitrogens with zero attached hydrogens (tertiary/aromatic N) is 2. The maximum atomic E-state index is 13.9. The molecule has 4 nitrogen and oxygen atoms in total. The van der Waals surface area contributed by atoms with E-state index in [1.54, 1.807) is 17.0 Å². The second kappa shape index (κ2) is 8.59. The quantitative estimate of drug-likeness (QED) is 0.761. The number of rotatable bonds is 5. The molecular weight excluding hydrogens is 362 g/mol. The van der Waals surface area contributed by atoms with Gasteiger partial charge in [0.1, 0.15) is 17.4 Å². The average molecular weight is 386 g/mol. The maximum absolute atomic E-state index is 13.9. The average Bonchev–Trinajstić information content (AvgIpc) is 2.67. The molecule has 148 valence electrons. The summed E-state index contributed by atoms with van der Waals surface area (Å²) >= 11 is 0. The minimum Gasteiger partial charge on any atom is -0.338 e. The highest BCUT2D eigenvalue weighted by Crippen LogP contribution is 2.24. The molecule has 0 spiro atoms. The lowest BCUT2D eigenvalue weighted by molar-refractivity contribution is -0.124. The predicted molar refractivity (Wildman–Crippen MR) is 103 cm³/mol.